The van der Waals surface area contributed by atoms with E-state index in [4.69, 9.17) is 4.74 Å². The summed E-state index contributed by atoms with van der Waals surface area (Å²) in [5, 5.41) is 9.53. The Morgan fingerprint density at radius 3 is 2.89 bits per heavy atom. The number of amides is 1. The van der Waals surface area contributed by atoms with Gasteiger partial charge in [-0.1, -0.05) is 24.3 Å². The van der Waals surface area contributed by atoms with Gasteiger partial charge in [-0.15, -0.1) is 0 Å². The molecule has 0 saturated heterocycles. The van der Waals surface area contributed by atoms with Crippen molar-refractivity contribution in [3.63, 3.8) is 0 Å². The van der Waals surface area contributed by atoms with E-state index < -0.39 is 0 Å². The second kappa shape index (κ2) is 9.02. The molecule has 2 heterocycles. The fourth-order valence-electron chi connectivity index (χ4n) is 3.04. The van der Waals surface area contributed by atoms with Crippen molar-refractivity contribution in [2.45, 2.75) is 25.8 Å². The molecule has 7 nitrogen and oxygen atoms in total. The number of methoxy groups -OCH3 is 1. The predicted molar refractivity (Wildman–Crippen MR) is 106 cm³/mol. The summed E-state index contributed by atoms with van der Waals surface area (Å²) in [6.07, 6.45) is 2.22. The Bertz CT molecular complexity index is 804. The molecule has 2 aromatic rings. The number of carbonyl (C=O) groups is 1. The highest BCUT2D eigenvalue weighted by Crippen LogP contribution is 2.31. The smallest absolute Gasteiger partial charge is 0.225 e. The lowest BCUT2D eigenvalue weighted by molar-refractivity contribution is -0.116. The fourth-order valence-corrected chi connectivity index (χ4v) is 3.04. The minimum absolute atomic E-state index is 0.0479. The monoisotopic (exact) mass is 367 g/mol. The standard InChI is InChI=1S/C20H25N5O2/c1-3-21-20(23-12-14-8-9-19(27-2)22-11-14)24-13-15-10-18(26)25-17-7-5-4-6-16(15)17/h4-9,11,15H,3,10,12-13H2,1-2H3,(H,25,26)(H2,21,23,24). The van der Waals surface area contributed by atoms with E-state index in [9.17, 15) is 4.79 Å². The molecule has 0 saturated carbocycles. The molecule has 0 fully saturated rings. The van der Waals surface area contributed by atoms with Gasteiger partial charge in [-0.2, -0.15) is 0 Å². The molecular weight excluding hydrogens is 342 g/mol. The minimum Gasteiger partial charge on any atom is -0.481 e. The summed E-state index contributed by atoms with van der Waals surface area (Å²) in [5.41, 5.74) is 3.04. The van der Waals surface area contributed by atoms with E-state index in [1.165, 1.54) is 0 Å². The van der Waals surface area contributed by atoms with E-state index >= 15 is 0 Å². The van der Waals surface area contributed by atoms with Crippen LogP contribution in [0.5, 0.6) is 5.88 Å². The van der Waals surface area contributed by atoms with Gasteiger partial charge in [-0.25, -0.2) is 9.98 Å². The van der Waals surface area contributed by atoms with Gasteiger partial charge in [0.1, 0.15) is 0 Å². The highest BCUT2D eigenvalue weighted by atomic mass is 16.5. The SMILES string of the molecule is CCNC(=NCc1ccc(OC)nc1)NCC1CC(=O)Nc2ccccc21. The van der Waals surface area contributed by atoms with Crippen molar-refractivity contribution in [2.24, 2.45) is 4.99 Å². The van der Waals surface area contributed by atoms with Crippen LogP contribution in [-0.4, -0.2) is 37.1 Å². The first-order valence-corrected chi connectivity index (χ1v) is 9.09. The molecule has 1 amide bonds. The first-order valence-electron chi connectivity index (χ1n) is 9.09. The van der Waals surface area contributed by atoms with Gasteiger partial charge in [0.15, 0.2) is 5.96 Å². The maximum atomic E-state index is 12.0. The molecule has 1 unspecified atom stereocenters. The first kappa shape index (κ1) is 18.7. The third kappa shape index (κ3) is 4.97. The lowest BCUT2D eigenvalue weighted by Crippen LogP contribution is -2.40. The molecule has 0 bridgehead atoms. The molecule has 7 heteroatoms. The van der Waals surface area contributed by atoms with Crippen molar-refractivity contribution >= 4 is 17.6 Å². The number of pyridine rings is 1. The Morgan fingerprint density at radius 1 is 1.30 bits per heavy atom. The molecule has 0 radical (unpaired) electrons. The van der Waals surface area contributed by atoms with Gasteiger partial charge in [0.05, 0.1) is 13.7 Å². The van der Waals surface area contributed by atoms with Gasteiger partial charge in [0.25, 0.3) is 0 Å². The summed E-state index contributed by atoms with van der Waals surface area (Å²) in [6, 6.07) is 11.7. The third-order valence-corrected chi connectivity index (χ3v) is 4.39. The van der Waals surface area contributed by atoms with Gasteiger partial charge in [-0.3, -0.25) is 4.79 Å². The van der Waals surface area contributed by atoms with Gasteiger partial charge >= 0.3 is 0 Å². The van der Waals surface area contributed by atoms with Gasteiger partial charge in [0.2, 0.25) is 11.8 Å². The van der Waals surface area contributed by atoms with Crippen LogP contribution in [0.25, 0.3) is 0 Å². The number of aliphatic imine (C=N–C) groups is 1. The van der Waals surface area contributed by atoms with Gasteiger partial charge in [-0.05, 0) is 24.1 Å². The topological polar surface area (TPSA) is 87.6 Å². The number of para-hydroxylation sites is 1. The second-order valence-electron chi connectivity index (χ2n) is 6.32. The maximum absolute atomic E-state index is 12.0. The molecule has 1 atom stereocenters. The lowest BCUT2D eigenvalue weighted by Gasteiger charge is -2.26. The van der Waals surface area contributed by atoms with Crippen molar-refractivity contribution in [1.29, 1.82) is 0 Å². The van der Waals surface area contributed by atoms with Crippen molar-refractivity contribution < 1.29 is 9.53 Å². The van der Waals surface area contributed by atoms with Crippen LogP contribution in [0.3, 0.4) is 0 Å². The zero-order valence-corrected chi connectivity index (χ0v) is 15.7. The summed E-state index contributed by atoms with van der Waals surface area (Å²) >= 11 is 0. The fraction of sp³-hybridized carbons (Fsp3) is 0.350. The number of guanidine groups is 1. The van der Waals surface area contributed by atoms with E-state index in [0.717, 1.165) is 29.3 Å². The maximum Gasteiger partial charge on any atom is 0.225 e. The molecule has 142 valence electrons. The lowest BCUT2D eigenvalue weighted by atomic mass is 9.90. The summed E-state index contributed by atoms with van der Waals surface area (Å²) in [7, 11) is 1.59. The van der Waals surface area contributed by atoms with Gasteiger partial charge in [0, 0.05) is 43.4 Å². The number of ether oxygens (including phenoxy) is 1. The summed E-state index contributed by atoms with van der Waals surface area (Å²) < 4.78 is 5.07. The number of rotatable bonds is 6. The number of aromatic nitrogens is 1. The summed E-state index contributed by atoms with van der Waals surface area (Å²) in [6.45, 7) is 3.93. The number of hydrogen-bond acceptors (Lipinski definition) is 4. The van der Waals surface area contributed by atoms with Crippen molar-refractivity contribution in [3.05, 3.63) is 53.7 Å². The van der Waals surface area contributed by atoms with Crippen LogP contribution in [0.2, 0.25) is 0 Å². The number of anilines is 1. The molecule has 27 heavy (non-hydrogen) atoms. The number of nitrogens with one attached hydrogen (secondary N) is 3. The van der Waals surface area contributed by atoms with Crippen LogP contribution in [0, 0.1) is 0 Å². The van der Waals surface area contributed by atoms with Gasteiger partial charge < -0.3 is 20.7 Å². The van der Waals surface area contributed by atoms with Crippen molar-refractivity contribution in [3.8, 4) is 5.88 Å². The highest BCUT2D eigenvalue weighted by Gasteiger charge is 2.24. The van der Waals surface area contributed by atoms with Crippen LogP contribution in [0.15, 0.2) is 47.6 Å². The Balaban J connectivity index is 1.65. The van der Waals surface area contributed by atoms with Crippen molar-refractivity contribution in [2.75, 3.05) is 25.5 Å². The highest BCUT2D eigenvalue weighted by molar-refractivity contribution is 5.94. The van der Waals surface area contributed by atoms with Crippen LogP contribution < -0.4 is 20.7 Å². The second-order valence-corrected chi connectivity index (χ2v) is 6.32. The van der Waals surface area contributed by atoms with E-state index in [-0.39, 0.29) is 11.8 Å². The largest absolute Gasteiger partial charge is 0.481 e. The zero-order chi connectivity index (χ0) is 19.1. The third-order valence-electron chi connectivity index (χ3n) is 4.39. The van der Waals surface area contributed by atoms with E-state index in [0.29, 0.717) is 25.4 Å². The molecular formula is C20H25N5O2. The first-order chi connectivity index (χ1) is 13.2. The molecule has 1 aromatic heterocycles. The van der Waals surface area contributed by atoms with E-state index in [1.807, 2.05) is 37.3 Å². The molecule has 0 spiro atoms. The predicted octanol–water partition coefficient (Wildman–Crippen LogP) is 2.27. The van der Waals surface area contributed by atoms with Crippen molar-refractivity contribution in [1.82, 2.24) is 15.6 Å². The number of hydrogen-bond donors (Lipinski definition) is 3. The number of carbonyl (C=O) groups excluding carboxylic acids is 1. The molecule has 3 N–H and O–H groups in total. The Hall–Kier alpha value is -3.09. The average Bonchev–Trinajstić information content (AvgIpc) is 2.70. The normalized spacial score (nSPS) is 16.3. The zero-order valence-electron chi connectivity index (χ0n) is 15.7. The van der Waals surface area contributed by atoms with Crippen LogP contribution in [-0.2, 0) is 11.3 Å². The Morgan fingerprint density at radius 2 is 2.15 bits per heavy atom. The molecule has 0 aliphatic carbocycles. The number of fused-ring (bicyclic) bond motifs is 1. The van der Waals surface area contributed by atoms with Crippen LogP contribution in [0.1, 0.15) is 30.4 Å². The Labute approximate surface area is 159 Å². The van der Waals surface area contributed by atoms with E-state index in [1.54, 1.807) is 13.3 Å². The van der Waals surface area contributed by atoms with Crippen LogP contribution in [0.4, 0.5) is 5.69 Å². The number of benzene rings is 1. The molecule has 1 aliphatic heterocycles. The molecule has 1 aromatic carbocycles. The Kier molecular flexibility index (Phi) is 6.25. The summed E-state index contributed by atoms with van der Waals surface area (Å²) in [5.74, 6) is 1.46. The number of nitrogens with zero attached hydrogens (tertiary/aromatic N) is 2. The average molecular weight is 367 g/mol. The minimum atomic E-state index is 0.0479. The van der Waals surface area contributed by atoms with E-state index in [2.05, 4.69) is 32.0 Å². The molecule has 1 aliphatic rings. The van der Waals surface area contributed by atoms with Crippen LogP contribution >= 0.6 is 0 Å². The quantitative estimate of drug-likeness (QED) is 0.538. The summed E-state index contributed by atoms with van der Waals surface area (Å²) in [4.78, 5) is 20.8. The molecule has 3 rings (SSSR count).